The number of nitrogens with zero attached hydrogens (tertiary/aromatic N) is 4. The monoisotopic (exact) mass is 478 g/mol. The van der Waals surface area contributed by atoms with E-state index in [1.165, 1.54) is 0 Å². The minimum absolute atomic E-state index is 0.0216. The summed E-state index contributed by atoms with van der Waals surface area (Å²) in [4.78, 5) is 26.8. The van der Waals surface area contributed by atoms with Gasteiger partial charge in [-0.15, -0.1) is 0 Å². The molecule has 4 aliphatic carbocycles. The highest BCUT2D eigenvalue weighted by Gasteiger charge is 2.54. The first kappa shape index (κ1) is 21.3. The van der Waals surface area contributed by atoms with Crippen LogP contribution in [0.4, 0.5) is 5.69 Å². The standard InChI is InChI=1S/C25H30N6O4/c32-16-2-5-31(6-3-16)24(33)22-29-23(35-30-22)18-12-27-21-17(1-4-26-21)20(18)28-19-14-7-13-8-15(19)11-25(34,9-13)10-14/h1,4,12-16,19,32,34H,2-3,5-11H2,(H2,26,27,28). The van der Waals surface area contributed by atoms with Gasteiger partial charge >= 0.3 is 0 Å². The number of anilines is 1. The third-order valence-corrected chi connectivity index (χ3v) is 8.74. The van der Waals surface area contributed by atoms with Crippen molar-refractivity contribution in [2.24, 2.45) is 17.8 Å². The molecular formula is C25H30N6O4. The first-order chi connectivity index (χ1) is 17.0. The van der Waals surface area contributed by atoms with E-state index in [9.17, 15) is 15.0 Å². The second-order valence-electron chi connectivity index (χ2n) is 11.1. The van der Waals surface area contributed by atoms with E-state index >= 15 is 0 Å². The molecule has 3 aromatic rings. The van der Waals surface area contributed by atoms with Crippen molar-refractivity contribution in [3.05, 3.63) is 24.3 Å². The predicted octanol–water partition coefficient (Wildman–Crippen LogP) is 2.56. The van der Waals surface area contributed by atoms with Crippen LogP contribution in [-0.2, 0) is 0 Å². The smallest absolute Gasteiger partial charge is 0.295 e. The van der Waals surface area contributed by atoms with Gasteiger partial charge in [-0.1, -0.05) is 5.16 Å². The van der Waals surface area contributed by atoms with Gasteiger partial charge in [0.2, 0.25) is 0 Å². The fourth-order valence-corrected chi connectivity index (χ4v) is 7.34. The van der Waals surface area contributed by atoms with Crippen molar-refractivity contribution in [2.45, 2.75) is 62.7 Å². The van der Waals surface area contributed by atoms with E-state index in [2.05, 4.69) is 25.4 Å². The Hall–Kier alpha value is -2.98. The summed E-state index contributed by atoms with van der Waals surface area (Å²) in [5, 5.41) is 29.5. The molecule has 184 valence electrons. The SMILES string of the molecule is O=C(c1noc(-c2cnc3[nH]ccc3c2NC2C3CC4CC2CC(O)(C4)C3)n1)N1CCC(O)CC1. The number of rotatable bonds is 4. The molecular weight excluding hydrogens is 448 g/mol. The molecule has 10 heteroatoms. The third-order valence-electron chi connectivity index (χ3n) is 8.74. The van der Waals surface area contributed by atoms with E-state index in [0.717, 1.165) is 48.8 Å². The molecule has 2 atom stereocenters. The number of aliphatic hydroxyl groups is 2. The molecule has 8 rings (SSSR count). The van der Waals surface area contributed by atoms with Crippen LogP contribution in [0.2, 0.25) is 0 Å². The Balaban J connectivity index is 1.21. The minimum Gasteiger partial charge on any atom is -0.393 e. The van der Waals surface area contributed by atoms with E-state index < -0.39 is 5.60 Å². The van der Waals surface area contributed by atoms with Gasteiger partial charge in [0, 0.05) is 36.9 Å². The molecule has 5 fully saturated rings. The normalized spacial score (nSPS) is 32.5. The number of aliphatic hydroxyl groups excluding tert-OH is 1. The number of likely N-dealkylation sites (tertiary alicyclic amines) is 1. The lowest BCUT2D eigenvalue weighted by atomic mass is 9.52. The van der Waals surface area contributed by atoms with Gasteiger partial charge in [0.1, 0.15) is 5.65 Å². The zero-order chi connectivity index (χ0) is 23.7. The lowest BCUT2D eigenvalue weighted by molar-refractivity contribution is -0.129. The molecule has 35 heavy (non-hydrogen) atoms. The third kappa shape index (κ3) is 3.53. The van der Waals surface area contributed by atoms with Crippen molar-refractivity contribution in [1.82, 2.24) is 25.0 Å². The highest BCUT2D eigenvalue weighted by Crippen LogP contribution is 2.56. The van der Waals surface area contributed by atoms with Gasteiger partial charge < -0.3 is 29.9 Å². The number of nitrogens with one attached hydrogen (secondary N) is 2. The fourth-order valence-electron chi connectivity index (χ4n) is 7.34. The maximum absolute atomic E-state index is 12.9. The molecule has 1 amide bonds. The minimum atomic E-state index is -0.495. The second kappa shape index (κ2) is 7.76. The van der Waals surface area contributed by atoms with Crippen LogP contribution >= 0.6 is 0 Å². The molecule has 4 saturated carbocycles. The Kier molecular flexibility index (Phi) is 4.73. The number of piperidine rings is 1. The predicted molar refractivity (Wildman–Crippen MR) is 126 cm³/mol. The van der Waals surface area contributed by atoms with Crippen LogP contribution in [-0.4, -0.2) is 72.0 Å². The first-order valence-electron chi connectivity index (χ1n) is 12.7. The number of hydrogen-bond donors (Lipinski definition) is 4. The summed E-state index contributed by atoms with van der Waals surface area (Å²) < 4.78 is 5.59. The number of pyridine rings is 1. The van der Waals surface area contributed by atoms with E-state index in [-0.39, 0.29) is 29.8 Å². The van der Waals surface area contributed by atoms with Crippen LogP contribution in [0.1, 0.15) is 55.6 Å². The number of aromatic amines is 1. The Morgan fingerprint density at radius 1 is 1.20 bits per heavy atom. The highest BCUT2D eigenvalue weighted by molar-refractivity contribution is 5.97. The van der Waals surface area contributed by atoms with Crippen molar-refractivity contribution < 1.29 is 19.5 Å². The summed E-state index contributed by atoms with van der Waals surface area (Å²) in [7, 11) is 0. The Morgan fingerprint density at radius 3 is 2.71 bits per heavy atom. The largest absolute Gasteiger partial charge is 0.393 e. The zero-order valence-electron chi connectivity index (χ0n) is 19.5. The average molecular weight is 479 g/mol. The Morgan fingerprint density at radius 2 is 1.97 bits per heavy atom. The van der Waals surface area contributed by atoms with Crippen molar-refractivity contribution in [1.29, 1.82) is 0 Å². The Bertz CT molecular complexity index is 1260. The van der Waals surface area contributed by atoms with Gasteiger partial charge in [-0.05, 0) is 68.8 Å². The molecule has 10 nitrogen and oxygen atoms in total. The lowest BCUT2D eigenvalue weighted by Crippen LogP contribution is -2.59. The number of carbonyl (C=O) groups excluding carboxylic acids is 1. The maximum atomic E-state index is 12.9. The van der Waals surface area contributed by atoms with Crippen LogP contribution < -0.4 is 5.32 Å². The average Bonchev–Trinajstić information content (AvgIpc) is 3.50. The summed E-state index contributed by atoms with van der Waals surface area (Å²) in [5.74, 6) is 1.47. The van der Waals surface area contributed by atoms with Crippen LogP contribution in [0.15, 0.2) is 23.0 Å². The van der Waals surface area contributed by atoms with Crippen LogP contribution in [0.5, 0.6) is 0 Å². The van der Waals surface area contributed by atoms with Crippen molar-refractivity contribution in [3.8, 4) is 11.5 Å². The van der Waals surface area contributed by atoms with E-state index in [4.69, 9.17) is 4.52 Å². The van der Waals surface area contributed by atoms with Crippen LogP contribution in [0, 0.1) is 17.8 Å². The van der Waals surface area contributed by atoms with Crippen molar-refractivity contribution >= 4 is 22.6 Å². The van der Waals surface area contributed by atoms with E-state index in [1.807, 2.05) is 12.3 Å². The first-order valence-corrected chi connectivity index (χ1v) is 12.7. The second-order valence-corrected chi connectivity index (χ2v) is 11.1. The van der Waals surface area contributed by atoms with Crippen molar-refractivity contribution in [2.75, 3.05) is 18.4 Å². The molecule has 0 spiro atoms. The number of hydrogen-bond acceptors (Lipinski definition) is 8. The molecule has 5 aliphatic rings. The number of fused-ring (bicyclic) bond motifs is 1. The van der Waals surface area contributed by atoms with Gasteiger partial charge in [0.05, 0.1) is 23.0 Å². The molecule has 1 aliphatic heterocycles. The van der Waals surface area contributed by atoms with Crippen LogP contribution in [0.25, 0.3) is 22.5 Å². The highest BCUT2D eigenvalue weighted by atomic mass is 16.5. The van der Waals surface area contributed by atoms with Crippen LogP contribution in [0.3, 0.4) is 0 Å². The quantitative estimate of drug-likeness (QED) is 0.448. The summed E-state index contributed by atoms with van der Waals surface area (Å²) in [6.45, 7) is 0.955. The lowest BCUT2D eigenvalue weighted by Gasteiger charge is -2.58. The van der Waals surface area contributed by atoms with Gasteiger partial charge in [-0.3, -0.25) is 4.79 Å². The summed E-state index contributed by atoms with van der Waals surface area (Å²) in [6.07, 6.45) is 9.26. The van der Waals surface area contributed by atoms with E-state index in [0.29, 0.717) is 49.2 Å². The van der Waals surface area contributed by atoms with Crippen molar-refractivity contribution in [3.63, 3.8) is 0 Å². The molecule has 1 saturated heterocycles. The summed E-state index contributed by atoms with van der Waals surface area (Å²) >= 11 is 0. The van der Waals surface area contributed by atoms with E-state index in [1.54, 1.807) is 11.1 Å². The van der Waals surface area contributed by atoms with Gasteiger partial charge in [0.15, 0.2) is 0 Å². The zero-order valence-corrected chi connectivity index (χ0v) is 19.5. The van der Waals surface area contributed by atoms with Gasteiger partial charge in [-0.25, -0.2) is 4.98 Å². The molecule has 2 unspecified atom stereocenters. The Labute approximate surface area is 202 Å². The number of aromatic nitrogens is 4. The topological polar surface area (TPSA) is 140 Å². The molecule has 4 N–H and O–H groups in total. The van der Waals surface area contributed by atoms with Gasteiger partial charge in [-0.2, -0.15) is 4.98 Å². The summed E-state index contributed by atoms with van der Waals surface area (Å²) in [6, 6.07) is 2.24. The molecule has 4 bridgehead atoms. The molecule has 0 radical (unpaired) electrons. The maximum Gasteiger partial charge on any atom is 0.295 e. The molecule has 0 aromatic carbocycles. The number of carbonyl (C=O) groups is 1. The molecule has 3 aromatic heterocycles. The summed E-state index contributed by atoms with van der Waals surface area (Å²) in [5.41, 5.74) is 1.82. The van der Waals surface area contributed by atoms with Gasteiger partial charge in [0.25, 0.3) is 17.6 Å². The molecule has 4 heterocycles. The fraction of sp³-hybridized carbons (Fsp3) is 0.600. The number of amides is 1. The number of H-pyrrole nitrogens is 1.